The van der Waals surface area contributed by atoms with E-state index in [1.165, 1.54) is 0 Å². The molecular weight excluding hydrogens is 288 g/mol. The summed E-state index contributed by atoms with van der Waals surface area (Å²) in [7, 11) is 0. The molecule has 0 saturated carbocycles. The first-order chi connectivity index (χ1) is 9.95. The van der Waals surface area contributed by atoms with Gasteiger partial charge in [0.15, 0.2) is 6.10 Å². The topological polar surface area (TPSA) is 46.5 Å². The average molecular weight is 305 g/mol. The zero-order chi connectivity index (χ0) is 15.4. The summed E-state index contributed by atoms with van der Waals surface area (Å²) >= 11 is 6.08. The molecule has 21 heavy (non-hydrogen) atoms. The van der Waals surface area contributed by atoms with Gasteiger partial charge in [-0.2, -0.15) is 0 Å². The van der Waals surface area contributed by atoms with Gasteiger partial charge in [-0.25, -0.2) is 4.79 Å². The summed E-state index contributed by atoms with van der Waals surface area (Å²) in [6.07, 6.45) is -0.742. The molecule has 0 aromatic heterocycles. The van der Waals surface area contributed by atoms with Crippen molar-refractivity contribution in [2.45, 2.75) is 26.4 Å². The Morgan fingerprint density at radius 2 is 1.81 bits per heavy atom. The van der Waals surface area contributed by atoms with Gasteiger partial charge in [0.1, 0.15) is 5.75 Å². The number of carboxylic acid groups (broad SMARTS) is 1. The second kappa shape index (κ2) is 6.64. The molecule has 1 N–H and O–H groups in total. The van der Waals surface area contributed by atoms with Crippen molar-refractivity contribution in [1.82, 2.24) is 0 Å². The number of halogens is 1. The highest BCUT2D eigenvalue weighted by Gasteiger charge is 2.21. The molecule has 0 fully saturated rings. The lowest BCUT2D eigenvalue weighted by atomic mass is 10.1. The Hall–Kier alpha value is -2.00. The summed E-state index contributed by atoms with van der Waals surface area (Å²) in [4.78, 5) is 11.4. The first-order valence-electron chi connectivity index (χ1n) is 6.67. The fourth-order valence-corrected chi connectivity index (χ4v) is 2.42. The Morgan fingerprint density at radius 1 is 1.19 bits per heavy atom. The Morgan fingerprint density at radius 3 is 2.38 bits per heavy atom. The molecule has 0 aliphatic rings. The van der Waals surface area contributed by atoms with Crippen LogP contribution in [0.2, 0.25) is 5.02 Å². The van der Waals surface area contributed by atoms with Crippen LogP contribution in [0.15, 0.2) is 42.5 Å². The summed E-state index contributed by atoms with van der Waals surface area (Å²) in [5.41, 5.74) is 2.83. The molecule has 0 amide bonds. The zero-order valence-corrected chi connectivity index (χ0v) is 12.7. The van der Waals surface area contributed by atoms with Crippen molar-refractivity contribution in [1.29, 1.82) is 0 Å². The Balaban J connectivity index is 2.20. The molecule has 0 bridgehead atoms. The van der Waals surface area contributed by atoms with Crippen molar-refractivity contribution < 1.29 is 14.6 Å². The van der Waals surface area contributed by atoms with E-state index in [4.69, 9.17) is 16.3 Å². The highest BCUT2D eigenvalue weighted by molar-refractivity contribution is 6.31. The molecule has 0 aliphatic heterocycles. The number of carbonyl (C=O) groups is 1. The fraction of sp³-hybridized carbons (Fsp3) is 0.235. The van der Waals surface area contributed by atoms with Gasteiger partial charge >= 0.3 is 5.97 Å². The van der Waals surface area contributed by atoms with Crippen molar-refractivity contribution in [2.24, 2.45) is 0 Å². The summed E-state index contributed by atoms with van der Waals surface area (Å²) in [6, 6.07) is 12.9. The number of hydrogen-bond acceptors (Lipinski definition) is 2. The van der Waals surface area contributed by atoms with Gasteiger partial charge < -0.3 is 9.84 Å². The Labute approximate surface area is 129 Å². The largest absolute Gasteiger partial charge is 0.478 e. The lowest BCUT2D eigenvalue weighted by molar-refractivity contribution is -0.145. The first-order valence-corrected chi connectivity index (χ1v) is 7.04. The molecule has 0 saturated heterocycles. The van der Waals surface area contributed by atoms with Crippen LogP contribution in [0, 0.1) is 13.8 Å². The standard InChI is InChI=1S/C17H17ClO3/c1-11-7-12(2)9-14(8-11)21-16(17(19)20)10-13-5-3-4-6-15(13)18/h3-9,16H,10H2,1-2H3,(H,19,20)/t16-/m0/s1. The Bertz CT molecular complexity index is 632. The van der Waals surface area contributed by atoms with Gasteiger partial charge in [0.2, 0.25) is 0 Å². The van der Waals surface area contributed by atoms with E-state index in [1.807, 2.05) is 50.2 Å². The quantitative estimate of drug-likeness (QED) is 0.907. The molecule has 0 aliphatic carbocycles. The normalized spacial score (nSPS) is 12.0. The summed E-state index contributed by atoms with van der Waals surface area (Å²) < 4.78 is 5.64. The maximum Gasteiger partial charge on any atom is 0.345 e. The van der Waals surface area contributed by atoms with Crippen molar-refractivity contribution in [2.75, 3.05) is 0 Å². The third-order valence-corrected chi connectivity index (χ3v) is 3.48. The molecule has 110 valence electrons. The number of rotatable bonds is 5. The molecule has 0 heterocycles. The zero-order valence-electron chi connectivity index (χ0n) is 12.0. The molecule has 3 nitrogen and oxygen atoms in total. The van der Waals surface area contributed by atoms with Crippen LogP contribution in [-0.4, -0.2) is 17.2 Å². The molecule has 0 unspecified atom stereocenters. The predicted octanol–water partition coefficient (Wildman–Crippen LogP) is 4.03. The van der Waals surface area contributed by atoms with Crippen LogP contribution in [0.1, 0.15) is 16.7 Å². The lowest BCUT2D eigenvalue weighted by Crippen LogP contribution is -2.29. The summed E-state index contributed by atoms with van der Waals surface area (Å²) in [5.74, 6) is -0.443. The van der Waals surface area contributed by atoms with E-state index in [2.05, 4.69) is 0 Å². The van der Waals surface area contributed by atoms with E-state index in [0.29, 0.717) is 10.8 Å². The molecule has 1 atom stereocenters. The van der Waals surface area contributed by atoms with Crippen LogP contribution in [0.3, 0.4) is 0 Å². The summed E-state index contributed by atoms with van der Waals surface area (Å²) in [6.45, 7) is 3.90. The van der Waals surface area contributed by atoms with E-state index in [0.717, 1.165) is 16.7 Å². The molecule has 2 rings (SSSR count). The second-order valence-corrected chi connectivity index (χ2v) is 5.47. The van der Waals surface area contributed by atoms with Crippen LogP contribution in [0.5, 0.6) is 5.75 Å². The minimum absolute atomic E-state index is 0.224. The molecule has 0 spiro atoms. The van der Waals surface area contributed by atoms with E-state index in [-0.39, 0.29) is 6.42 Å². The third kappa shape index (κ3) is 4.23. The van der Waals surface area contributed by atoms with E-state index < -0.39 is 12.1 Å². The Kier molecular flexibility index (Phi) is 4.86. The van der Waals surface area contributed by atoms with Crippen molar-refractivity contribution >= 4 is 17.6 Å². The monoisotopic (exact) mass is 304 g/mol. The van der Waals surface area contributed by atoms with Crippen molar-refractivity contribution in [3.63, 3.8) is 0 Å². The van der Waals surface area contributed by atoms with Crippen LogP contribution >= 0.6 is 11.6 Å². The number of carboxylic acids is 1. The minimum atomic E-state index is -1.01. The van der Waals surface area contributed by atoms with E-state index in [9.17, 15) is 9.90 Å². The van der Waals surface area contributed by atoms with Gasteiger partial charge in [0.05, 0.1) is 0 Å². The van der Waals surface area contributed by atoms with Crippen molar-refractivity contribution in [3.05, 3.63) is 64.2 Å². The molecule has 0 radical (unpaired) electrons. The van der Waals surface area contributed by atoms with Gasteiger partial charge in [-0.1, -0.05) is 35.9 Å². The second-order valence-electron chi connectivity index (χ2n) is 5.06. The lowest BCUT2D eigenvalue weighted by Gasteiger charge is -2.16. The smallest absolute Gasteiger partial charge is 0.345 e. The highest BCUT2D eigenvalue weighted by Crippen LogP contribution is 2.21. The van der Waals surface area contributed by atoms with Gasteiger partial charge in [-0.05, 0) is 48.7 Å². The van der Waals surface area contributed by atoms with E-state index >= 15 is 0 Å². The highest BCUT2D eigenvalue weighted by atomic mass is 35.5. The third-order valence-electron chi connectivity index (χ3n) is 3.11. The van der Waals surface area contributed by atoms with Crippen LogP contribution < -0.4 is 4.74 Å². The SMILES string of the molecule is Cc1cc(C)cc(O[C@@H](Cc2ccccc2Cl)C(=O)O)c1. The average Bonchev–Trinajstić information content (AvgIpc) is 2.39. The van der Waals surface area contributed by atoms with Crippen LogP contribution in [-0.2, 0) is 11.2 Å². The summed E-state index contributed by atoms with van der Waals surface area (Å²) in [5, 5.41) is 9.91. The number of benzene rings is 2. The molecule has 2 aromatic carbocycles. The van der Waals surface area contributed by atoms with Gasteiger partial charge in [0.25, 0.3) is 0 Å². The predicted molar refractivity (Wildman–Crippen MR) is 83.1 cm³/mol. The van der Waals surface area contributed by atoms with Gasteiger partial charge in [0, 0.05) is 11.4 Å². The number of ether oxygens (including phenoxy) is 1. The number of aryl methyl sites for hydroxylation is 2. The minimum Gasteiger partial charge on any atom is -0.478 e. The maximum atomic E-state index is 11.4. The first kappa shape index (κ1) is 15.4. The van der Waals surface area contributed by atoms with Gasteiger partial charge in [-0.15, -0.1) is 0 Å². The fourth-order valence-electron chi connectivity index (χ4n) is 2.21. The van der Waals surface area contributed by atoms with Crippen LogP contribution in [0.25, 0.3) is 0 Å². The van der Waals surface area contributed by atoms with Gasteiger partial charge in [-0.3, -0.25) is 0 Å². The molecule has 2 aromatic rings. The number of hydrogen-bond donors (Lipinski definition) is 1. The van der Waals surface area contributed by atoms with Crippen LogP contribution in [0.4, 0.5) is 0 Å². The molecular formula is C17H17ClO3. The number of aliphatic carboxylic acids is 1. The molecule has 4 heteroatoms. The van der Waals surface area contributed by atoms with E-state index in [1.54, 1.807) is 6.07 Å². The maximum absolute atomic E-state index is 11.4. The van der Waals surface area contributed by atoms with Crippen molar-refractivity contribution in [3.8, 4) is 5.75 Å².